The van der Waals surface area contributed by atoms with E-state index in [0.29, 0.717) is 44.5 Å². The van der Waals surface area contributed by atoms with E-state index >= 15 is 0 Å². The first-order chi connectivity index (χ1) is 16.4. The molecule has 0 aromatic heterocycles. The molecule has 0 radical (unpaired) electrons. The van der Waals surface area contributed by atoms with Crippen LogP contribution in [0, 0.1) is 25.6 Å². The van der Waals surface area contributed by atoms with Crippen LogP contribution in [0.1, 0.15) is 54.5 Å². The Morgan fingerprint density at radius 2 is 1.85 bits per heavy atom. The molecule has 180 valence electrons. The van der Waals surface area contributed by atoms with E-state index in [1.54, 1.807) is 25.1 Å². The summed E-state index contributed by atoms with van der Waals surface area (Å²) in [5.74, 6) is -0.769. The van der Waals surface area contributed by atoms with Gasteiger partial charge in [-0.15, -0.1) is 0 Å². The second-order valence-corrected chi connectivity index (χ2v) is 9.15. The highest BCUT2D eigenvalue weighted by atomic mass is 19.1. The van der Waals surface area contributed by atoms with Crippen LogP contribution in [0.3, 0.4) is 0 Å². The second kappa shape index (κ2) is 10.5. The Labute approximate surface area is 200 Å². The zero-order valence-corrected chi connectivity index (χ0v) is 20.1. The van der Waals surface area contributed by atoms with Crippen molar-refractivity contribution in [1.29, 1.82) is 0 Å². The smallest absolute Gasteiger partial charge is 0.309 e. The van der Waals surface area contributed by atoms with Gasteiger partial charge in [-0.25, -0.2) is 9.40 Å². The van der Waals surface area contributed by atoms with Crippen LogP contribution in [0.5, 0.6) is 0 Å². The number of nitrogens with zero attached hydrogens (tertiary/aromatic N) is 3. The predicted molar refractivity (Wildman–Crippen MR) is 129 cm³/mol. The molecule has 1 atom stereocenters. The number of ether oxygens (including phenoxy) is 1. The molecule has 1 fully saturated rings. The normalized spacial score (nSPS) is 19.2. The van der Waals surface area contributed by atoms with Crippen molar-refractivity contribution in [3.05, 3.63) is 70.5 Å². The van der Waals surface area contributed by atoms with Gasteiger partial charge in [-0.3, -0.25) is 14.5 Å². The number of piperidine rings is 1. The standard InChI is InChI=1S/C27H32FN3O3/c1-4-34-27(33)20-11-13-30(14-12-20)17-26(32)31-25(22-7-5-6-8-23(22)28)16-24(29-31)21-10-9-18(2)15-19(21)3/h5-10,15,20,25H,4,11-14,16-17H2,1-3H3. The molecule has 2 aromatic rings. The van der Waals surface area contributed by atoms with Crippen LogP contribution in [-0.4, -0.2) is 53.7 Å². The number of esters is 1. The first-order valence-electron chi connectivity index (χ1n) is 12.0. The Morgan fingerprint density at radius 1 is 1.12 bits per heavy atom. The highest BCUT2D eigenvalue weighted by Crippen LogP contribution is 2.35. The van der Waals surface area contributed by atoms with Crippen molar-refractivity contribution in [2.24, 2.45) is 11.0 Å². The fourth-order valence-corrected chi connectivity index (χ4v) is 4.88. The van der Waals surface area contributed by atoms with E-state index in [1.165, 1.54) is 11.1 Å². The molecule has 0 bridgehead atoms. The van der Waals surface area contributed by atoms with Crippen LogP contribution in [-0.2, 0) is 14.3 Å². The van der Waals surface area contributed by atoms with Crippen LogP contribution in [0.15, 0.2) is 47.6 Å². The number of likely N-dealkylation sites (tertiary alicyclic amines) is 1. The minimum absolute atomic E-state index is 0.113. The van der Waals surface area contributed by atoms with E-state index in [0.717, 1.165) is 22.4 Å². The summed E-state index contributed by atoms with van der Waals surface area (Å²) in [6, 6.07) is 12.3. The van der Waals surface area contributed by atoms with Gasteiger partial charge in [0.15, 0.2) is 0 Å². The van der Waals surface area contributed by atoms with E-state index in [-0.39, 0.29) is 30.2 Å². The molecule has 2 aliphatic heterocycles. The zero-order valence-electron chi connectivity index (χ0n) is 20.1. The lowest BCUT2D eigenvalue weighted by atomic mass is 9.95. The van der Waals surface area contributed by atoms with E-state index in [9.17, 15) is 14.0 Å². The van der Waals surface area contributed by atoms with Gasteiger partial charge in [0.1, 0.15) is 5.82 Å². The third kappa shape index (κ3) is 5.20. The Kier molecular flexibility index (Phi) is 7.41. The lowest BCUT2D eigenvalue weighted by Crippen LogP contribution is -2.43. The van der Waals surface area contributed by atoms with Crippen molar-refractivity contribution in [3.8, 4) is 0 Å². The number of amides is 1. The van der Waals surface area contributed by atoms with Gasteiger partial charge in [-0.05, 0) is 58.3 Å². The van der Waals surface area contributed by atoms with Crippen molar-refractivity contribution < 1.29 is 18.7 Å². The molecule has 1 unspecified atom stereocenters. The summed E-state index contributed by atoms with van der Waals surface area (Å²) in [6.45, 7) is 7.72. The first kappa shape index (κ1) is 24.1. The third-order valence-corrected chi connectivity index (χ3v) is 6.69. The summed E-state index contributed by atoms with van der Waals surface area (Å²) in [4.78, 5) is 27.5. The van der Waals surface area contributed by atoms with Crippen LogP contribution in [0.4, 0.5) is 4.39 Å². The summed E-state index contributed by atoms with van der Waals surface area (Å²) < 4.78 is 19.9. The van der Waals surface area contributed by atoms with Gasteiger partial charge in [0, 0.05) is 17.5 Å². The van der Waals surface area contributed by atoms with Crippen molar-refractivity contribution in [2.75, 3.05) is 26.2 Å². The average Bonchev–Trinajstić information content (AvgIpc) is 3.25. The maximum Gasteiger partial charge on any atom is 0.309 e. The minimum Gasteiger partial charge on any atom is -0.466 e. The molecule has 34 heavy (non-hydrogen) atoms. The summed E-state index contributed by atoms with van der Waals surface area (Å²) in [5, 5.41) is 6.18. The van der Waals surface area contributed by atoms with Crippen molar-refractivity contribution >= 4 is 17.6 Å². The Hall–Kier alpha value is -3.06. The maximum atomic E-state index is 14.7. The van der Waals surface area contributed by atoms with E-state index < -0.39 is 6.04 Å². The monoisotopic (exact) mass is 465 g/mol. The SMILES string of the molecule is CCOC(=O)C1CCN(CC(=O)N2N=C(c3ccc(C)cc3C)CC2c2ccccc2F)CC1. The van der Waals surface area contributed by atoms with Crippen LogP contribution in [0.25, 0.3) is 0 Å². The molecule has 6 nitrogen and oxygen atoms in total. The van der Waals surface area contributed by atoms with Crippen molar-refractivity contribution in [2.45, 2.75) is 46.1 Å². The summed E-state index contributed by atoms with van der Waals surface area (Å²) in [5.41, 5.74) is 4.49. The van der Waals surface area contributed by atoms with Gasteiger partial charge < -0.3 is 4.74 Å². The van der Waals surface area contributed by atoms with Crippen molar-refractivity contribution in [3.63, 3.8) is 0 Å². The molecule has 4 rings (SSSR count). The molecule has 2 aromatic carbocycles. The highest BCUT2D eigenvalue weighted by Gasteiger charge is 2.36. The van der Waals surface area contributed by atoms with E-state index in [2.05, 4.69) is 6.07 Å². The largest absolute Gasteiger partial charge is 0.466 e. The molecular weight excluding hydrogens is 433 g/mol. The van der Waals surface area contributed by atoms with Gasteiger partial charge in [0.2, 0.25) is 0 Å². The Morgan fingerprint density at radius 3 is 2.53 bits per heavy atom. The summed E-state index contributed by atoms with van der Waals surface area (Å²) in [7, 11) is 0. The molecule has 1 saturated heterocycles. The number of carbonyl (C=O) groups excluding carboxylic acids is 2. The van der Waals surface area contributed by atoms with Crippen molar-refractivity contribution in [1.82, 2.24) is 9.91 Å². The Bertz CT molecular complexity index is 1090. The lowest BCUT2D eigenvalue weighted by Gasteiger charge is -2.32. The molecule has 0 N–H and O–H groups in total. The molecule has 2 heterocycles. The highest BCUT2D eigenvalue weighted by molar-refractivity contribution is 6.04. The van der Waals surface area contributed by atoms with Gasteiger partial charge in [-0.1, -0.05) is 42.0 Å². The first-order valence-corrected chi connectivity index (χ1v) is 12.0. The fourth-order valence-electron chi connectivity index (χ4n) is 4.88. The molecule has 7 heteroatoms. The third-order valence-electron chi connectivity index (χ3n) is 6.69. The topological polar surface area (TPSA) is 62.2 Å². The van der Waals surface area contributed by atoms with Crippen LogP contribution >= 0.6 is 0 Å². The van der Waals surface area contributed by atoms with Gasteiger partial charge >= 0.3 is 5.97 Å². The van der Waals surface area contributed by atoms with Gasteiger partial charge in [-0.2, -0.15) is 5.10 Å². The molecule has 0 spiro atoms. The van der Waals surface area contributed by atoms with E-state index in [4.69, 9.17) is 9.84 Å². The average molecular weight is 466 g/mol. The quantitative estimate of drug-likeness (QED) is 0.594. The minimum atomic E-state index is -0.485. The van der Waals surface area contributed by atoms with Gasteiger partial charge in [0.25, 0.3) is 5.91 Å². The summed E-state index contributed by atoms with van der Waals surface area (Å²) in [6.07, 6.45) is 1.79. The maximum absolute atomic E-state index is 14.7. The molecule has 2 aliphatic rings. The lowest BCUT2D eigenvalue weighted by molar-refractivity contribution is -0.149. The number of hydrogen-bond acceptors (Lipinski definition) is 5. The number of aryl methyl sites for hydroxylation is 2. The van der Waals surface area contributed by atoms with Crippen LogP contribution in [0.2, 0.25) is 0 Å². The van der Waals surface area contributed by atoms with Gasteiger partial charge in [0.05, 0.1) is 30.8 Å². The molecule has 0 saturated carbocycles. The number of hydrazone groups is 1. The number of hydrogen-bond donors (Lipinski definition) is 0. The van der Waals surface area contributed by atoms with Crippen LogP contribution < -0.4 is 0 Å². The second-order valence-electron chi connectivity index (χ2n) is 9.15. The predicted octanol–water partition coefficient (Wildman–Crippen LogP) is 4.40. The van der Waals surface area contributed by atoms with E-state index in [1.807, 2.05) is 30.9 Å². The number of halogens is 1. The Balaban J connectivity index is 1.53. The fraction of sp³-hybridized carbons (Fsp3) is 0.444. The molecular formula is C27H32FN3O3. The zero-order chi connectivity index (χ0) is 24.2. The summed E-state index contributed by atoms with van der Waals surface area (Å²) >= 11 is 0. The number of carbonyl (C=O) groups is 2. The molecule has 1 amide bonds. The number of rotatable bonds is 6. The number of benzene rings is 2. The molecule has 0 aliphatic carbocycles.